The van der Waals surface area contributed by atoms with Crippen LogP contribution in [-0.4, -0.2) is 62.6 Å². The number of carbonyl (C=O) groups excluding carboxylic acids is 2. The van der Waals surface area contributed by atoms with Gasteiger partial charge in [-0.2, -0.15) is 5.10 Å². The first kappa shape index (κ1) is 25.3. The largest absolute Gasteiger partial charge is 0.507 e. The van der Waals surface area contributed by atoms with Crippen LogP contribution in [0, 0.1) is 12.7 Å². The molecule has 1 atom stereocenters. The molecule has 0 bridgehead atoms. The molecule has 0 spiro atoms. The summed E-state index contributed by atoms with van der Waals surface area (Å²) in [5, 5.41) is 15.8. The summed E-state index contributed by atoms with van der Waals surface area (Å²) in [5.41, 5.74) is 1.76. The van der Waals surface area contributed by atoms with E-state index in [0.717, 1.165) is 25.3 Å². The fraction of sp³-hybridized carbons (Fsp3) is 0.321. The molecule has 0 radical (unpaired) electrons. The summed E-state index contributed by atoms with van der Waals surface area (Å²) in [7, 11) is 0. The minimum atomic E-state index is -1.03. The Morgan fingerprint density at radius 1 is 1.06 bits per heavy atom. The molecule has 2 heterocycles. The molecule has 4 rings (SSSR count). The van der Waals surface area contributed by atoms with Crippen molar-refractivity contribution in [2.45, 2.75) is 33.2 Å². The van der Waals surface area contributed by atoms with E-state index in [1.807, 2.05) is 30.3 Å². The van der Waals surface area contributed by atoms with Crippen LogP contribution in [0.1, 0.15) is 43.1 Å². The molecular weight excluding hydrogens is 459 g/mol. The Hall–Kier alpha value is -3.78. The number of aromatic nitrogens is 2. The Balaban J connectivity index is 1.78. The maximum Gasteiger partial charge on any atom is 0.295 e. The number of carbonyl (C=O) groups is 2. The van der Waals surface area contributed by atoms with Crippen LogP contribution in [0.4, 0.5) is 4.39 Å². The summed E-state index contributed by atoms with van der Waals surface area (Å²) in [6, 6.07) is 14.4. The molecule has 1 saturated heterocycles. The van der Waals surface area contributed by atoms with Crippen LogP contribution in [0.5, 0.6) is 0 Å². The first-order valence-electron chi connectivity index (χ1n) is 12.2. The van der Waals surface area contributed by atoms with Gasteiger partial charge in [0.05, 0.1) is 34.8 Å². The van der Waals surface area contributed by atoms with Gasteiger partial charge in [0, 0.05) is 12.1 Å². The number of halogens is 1. The molecule has 1 aliphatic heterocycles. The molecule has 0 aliphatic carbocycles. The number of aliphatic hydroxyl groups is 1. The van der Waals surface area contributed by atoms with Crippen molar-refractivity contribution in [2.75, 3.05) is 26.2 Å². The number of amides is 1. The average molecular weight is 491 g/mol. The molecule has 1 aromatic heterocycles. The van der Waals surface area contributed by atoms with Gasteiger partial charge in [0.1, 0.15) is 11.6 Å². The second kappa shape index (κ2) is 10.9. The van der Waals surface area contributed by atoms with E-state index in [9.17, 15) is 19.1 Å². The predicted octanol–water partition coefficient (Wildman–Crippen LogP) is 4.47. The van der Waals surface area contributed by atoms with Crippen LogP contribution in [0.25, 0.3) is 11.4 Å². The third-order valence-corrected chi connectivity index (χ3v) is 6.77. The Labute approximate surface area is 210 Å². The number of nitrogens with zero attached hydrogens (tertiary/aromatic N) is 4. The number of ketones is 1. The third-order valence-electron chi connectivity index (χ3n) is 6.77. The summed E-state index contributed by atoms with van der Waals surface area (Å²) in [5.74, 6) is -2.46. The molecule has 36 heavy (non-hydrogen) atoms. The van der Waals surface area contributed by atoms with Crippen LogP contribution in [0.15, 0.2) is 66.4 Å². The number of Topliss-reactive ketones (excluding diaryl/α,β-unsaturated/α-hetero) is 1. The van der Waals surface area contributed by atoms with Gasteiger partial charge >= 0.3 is 0 Å². The molecular formula is C28H31FN4O3. The molecule has 1 fully saturated rings. The number of benzene rings is 2. The van der Waals surface area contributed by atoms with E-state index in [2.05, 4.69) is 23.8 Å². The maximum atomic E-state index is 15.0. The van der Waals surface area contributed by atoms with Gasteiger partial charge in [-0.25, -0.2) is 9.07 Å². The Bertz CT molecular complexity index is 1280. The van der Waals surface area contributed by atoms with Crippen molar-refractivity contribution in [2.24, 2.45) is 0 Å². The van der Waals surface area contributed by atoms with E-state index in [4.69, 9.17) is 0 Å². The van der Waals surface area contributed by atoms with Crippen molar-refractivity contribution in [1.82, 2.24) is 19.6 Å². The van der Waals surface area contributed by atoms with Crippen LogP contribution >= 0.6 is 0 Å². The molecule has 1 amide bonds. The van der Waals surface area contributed by atoms with Gasteiger partial charge < -0.3 is 14.9 Å². The molecule has 0 saturated carbocycles. The second-order valence-corrected chi connectivity index (χ2v) is 8.79. The van der Waals surface area contributed by atoms with Crippen molar-refractivity contribution in [3.63, 3.8) is 0 Å². The second-order valence-electron chi connectivity index (χ2n) is 8.79. The maximum absolute atomic E-state index is 15.0. The highest BCUT2D eigenvalue weighted by Gasteiger charge is 2.47. The topological polar surface area (TPSA) is 78.7 Å². The van der Waals surface area contributed by atoms with E-state index in [0.29, 0.717) is 17.7 Å². The van der Waals surface area contributed by atoms with E-state index >= 15 is 0 Å². The summed E-state index contributed by atoms with van der Waals surface area (Å²) in [6.07, 6.45) is 2.08. The SMILES string of the molecule is CCN(CC)CCCN1C(=O)C(=O)/C(=C(/O)c2cnn(-c3ccccc3)c2C)C1c1ccccc1F. The lowest BCUT2D eigenvalue weighted by molar-refractivity contribution is -0.140. The molecule has 1 unspecified atom stereocenters. The molecule has 188 valence electrons. The van der Waals surface area contributed by atoms with Crippen molar-refractivity contribution < 1.29 is 19.1 Å². The van der Waals surface area contributed by atoms with Crippen molar-refractivity contribution >= 4 is 17.4 Å². The molecule has 8 heteroatoms. The summed E-state index contributed by atoms with van der Waals surface area (Å²) < 4.78 is 16.6. The third kappa shape index (κ3) is 4.68. The van der Waals surface area contributed by atoms with Gasteiger partial charge in [-0.05, 0) is 51.2 Å². The molecule has 3 aromatic rings. The van der Waals surface area contributed by atoms with E-state index in [-0.39, 0.29) is 23.4 Å². The van der Waals surface area contributed by atoms with Gasteiger partial charge in [0.15, 0.2) is 0 Å². The Morgan fingerprint density at radius 3 is 2.39 bits per heavy atom. The highest BCUT2D eigenvalue weighted by atomic mass is 19.1. The van der Waals surface area contributed by atoms with E-state index in [1.54, 1.807) is 29.8 Å². The number of para-hydroxylation sites is 1. The van der Waals surface area contributed by atoms with Crippen molar-refractivity contribution in [3.8, 4) is 5.69 Å². The first-order chi connectivity index (χ1) is 17.4. The van der Waals surface area contributed by atoms with E-state index in [1.165, 1.54) is 17.2 Å². The monoisotopic (exact) mass is 490 g/mol. The summed E-state index contributed by atoms with van der Waals surface area (Å²) in [6.45, 7) is 8.64. The van der Waals surface area contributed by atoms with Crippen LogP contribution in [0.2, 0.25) is 0 Å². The normalized spacial score (nSPS) is 17.4. The quantitative estimate of drug-likeness (QED) is 0.272. The Kier molecular flexibility index (Phi) is 7.64. The fourth-order valence-electron chi connectivity index (χ4n) is 4.75. The van der Waals surface area contributed by atoms with Crippen LogP contribution in [0.3, 0.4) is 0 Å². The smallest absolute Gasteiger partial charge is 0.295 e. The zero-order valence-electron chi connectivity index (χ0n) is 20.8. The van der Waals surface area contributed by atoms with Crippen LogP contribution in [-0.2, 0) is 9.59 Å². The zero-order chi connectivity index (χ0) is 25.8. The summed E-state index contributed by atoms with van der Waals surface area (Å²) in [4.78, 5) is 30.0. The fourth-order valence-corrected chi connectivity index (χ4v) is 4.75. The van der Waals surface area contributed by atoms with Crippen molar-refractivity contribution in [3.05, 3.63) is 89.0 Å². The minimum absolute atomic E-state index is 0.122. The number of aliphatic hydroxyl groups excluding tert-OH is 1. The number of likely N-dealkylation sites (tertiary alicyclic amines) is 1. The molecule has 2 aromatic carbocycles. The zero-order valence-corrected chi connectivity index (χ0v) is 20.8. The standard InChI is InChI=1S/C28H31FN4O3/c1-4-31(5-2)16-11-17-32-25(21-14-9-10-15-23(21)29)24(27(35)28(32)36)26(34)22-18-30-33(19(22)3)20-12-7-6-8-13-20/h6-10,12-15,18,25,34H,4-5,11,16-17H2,1-3H3/b26-24+. The number of rotatable bonds is 9. The predicted molar refractivity (Wildman–Crippen MR) is 136 cm³/mol. The van der Waals surface area contributed by atoms with Crippen molar-refractivity contribution in [1.29, 1.82) is 0 Å². The molecule has 1 N–H and O–H groups in total. The van der Waals surface area contributed by atoms with E-state index < -0.39 is 23.5 Å². The van der Waals surface area contributed by atoms with Gasteiger partial charge in [-0.15, -0.1) is 0 Å². The highest BCUT2D eigenvalue weighted by Crippen LogP contribution is 2.40. The highest BCUT2D eigenvalue weighted by molar-refractivity contribution is 6.46. The molecule has 7 nitrogen and oxygen atoms in total. The van der Waals surface area contributed by atoms with Gasteiger partial charge in [0.2, 0.25) is 0 Å². The molecule has 1 aliphatic rings. The lowest BCUT2D eigenvalue weighted by atomic mass is 9.95. The van der Waals surface area contributed by atoms with Gasteiger partial charge in [-0.3, -0.25) is 9.59 Å². The van der Waals surface area contributed by atoms with Gasteiger partial charge in [0.25, 0.3) is 11.7 Å². The first-order valence-corrected chi connectivity index (χ1v) is 12.2. The minimum Gasteiger partial charge on any atom is -0.507 e. The average Bonchev–Trinajstić information content (AvgIpc) is 3.39. The number of hydrogen-bond donors (Lipinski definition) is 1. The summed E-state index contributed by atoms with van der Waals surface area (Å²) >= 11 is 0. The van der Waals surface area contributed by atoms with Gasteiger partial charge in [-0.1, -0.05) is 50.2 Å². The lowest BCUT2D eigenvalue weighted by Crippen LogP contribution is -2.33. The lowest BCUT2D eigenvalue weighted by Gasteiger charge is -2.27. The van der Waals surface area contributed by atoms with Crippen LogP contribution < -0.4 is 0 Å². The number of hydrogen-bond acceptors (Lipinski definition) is 5. The Morgan fingerprint density at radius 2 is 1.72 bits per heavy atom.